The lowest BCUT2D eigenvalue weighted by molar-refractivity contribution is 0.144. The number of nitrogens with zero attached hydrogens (tertiary/aromatic N) is 5. The van der Waals surface area contributed by atoms with Crippen molar-refractivity contribution in [2.24, 2.45) is 0 Å². The quantitative estimate of drug-likeness (QED) is 0.601. The summed E-state index contributed by atoms with van der Waals surface area (Å²) in [6.07, 6.45) is 4.65. The van der Waals surface area contributed by atoms with E-state index < -0.39 is 0 Å². The molecule has 0 N–H and O–H groups in total. The second-order valence-corrected chi connectivity index (χ2v) is 5.40. The van der Waals surface area contributed by atoms with E-state index in [4.69, 9.17) is 4.74 Å². The fraction of sp³-hybridized carbons (Fsp3) is 0.438. The van der Waals surface area contributed by atoms with E-state index in [1.54, 1.807) is 6.08 Å². The lowest BCUT2D eigenvalue weighted by atomic mass is 10.2. The van der Waals surface area contributed by atoms with Crippen molar-refractivity contribution in [3.63, 3.8) is 0 Å². The maximum atomic E-state index is 5.52. The molecule has 0 fully saturated rings. The Hall–Kier alpha value is -2.05. The van der Waals surface area contributed by atoms with Gasteiger partial charge in [-0.3, -0.25) is 9.88 Å². The van der Waals surface area contributed by atoms with Crippen molar-refractivity contribution in [1.82, 2.24) is 24.9 Å². The van der Waals surface area contributed by atoms with Crippen LogP contribution in [-0.2, 0) is 31.0 Å². The number of ether oxygens (including phenoxy) is 1. The van der Waals surface area contributed by atoms with Crippen LogP contribution in [0.1, 0.15) is 23.5 Å². The topological polar surface area (TPSA) is 56.1 Å². The summed E-state index contributed by atoms with van der Waals surface area (Å²) in [5, 5.41) is 8.52. The summed E-state index contributed by atoms with van der Waals surface area (Å²) in [6, 6.07) is 6.04. The second-order valence-electron chi connectivity index (χ2n) is 5.40. The lowest BCUT2D eigenvalue weighted by Crippen LogP contribution is -2.24. The zero-order valence-electron chi connectivity index (χ0n) is 12.7. The maximum absolute atomic E-state index is 5.52. The summed E-state index contributed by atoms with van der Waals surface area (Å²) in [6.45, 7) is 8.29. The van der Waals surface area contributed by atoms with Crippen molar-refractivity contribution in [2.75, 3.05) is 13.2 Å². The summed E-state index contributed by atoms with van der Waals surface area (Å²) in [4.78, 5) is 6.81. The van der Waals surface area contributed by atoms with Gasteiger partial charge >= 0.3 is 0 Å². The van der Waals surface area contributed by atoms with Crippen LogP contribution in [-0.4, -0.2) is 38.0 Å². The van der Waals surface area contributed by atoms with Gasteiger partial charge < -0.3 is 4.74 Å². The predicted molar refractivity (Wildman–Crippen MR) is 82.8 cm³/mol. The van der Waals surface area contributed by atoms with E-state index in [-0.39, 0.29) is 0 Å². The third-order valence-corrected chi connectivity index (χ3v) is 3.72. The number of hydrogen-bond donors (Lipinski definition) is 0. The highest BCUT2D eigenvalue weighted by Crippen LogP contribution is 2.17. The third-order valence-electron chi connectivity index (χ3n) is 3.72. The molecule has 2 aromatic rings. The molecule has 0 radical (unpaired) electrons. The Morgan fingerprint density at radius 2 is 2.27 bits per heavy atom. The van der Waals surface area contributed by atoms with Gasteiger partial charge in [0.1, 0.15) is 5.69 Å². The van der Waals surface area contributed by atoms with Crippen LogP contribution in [0.2, 0.25) is 0 Å². The monoisotopic (exact) mass is 299 g/mol. The smallest absolute Gasteiger partial charge is 0.113 e. The minimum atomic E-state index is 0.485. The summed E-state index contributed by atoms with van der Waals surface area (Å²) >= 11 is 0. The van der Waals surface area contributed by atoms with Crippen molar-refractivity contribution >= 4 is 0 Å². The molecule has 3 heterocycles. The molecule has 0 aromatic carbocycles. The van der Waals surface area contributed by atoms with Gasteiger partial charge in [-0.2, -0.15) is 0 Å². The van der Waals surface area contributed by atoms with Crippen molar-refractivity contribution in [3.05, 3.63) is 54.1 Å². The van der Waals surface area contributed by atoms with E-state index in [2.05, 4.69) is 32.8 Å². The summed E-state index contributed by atoms with van der Waals surface area (Å²) in [7, 11) is 0. The standard InChI is InChI=1S/C16H21N5O/c1-2-10-22-13-15-16-12-20(8-5-9-21(16)19-18-15)11-14-6-3-4-7-17-14/h2-4,6-7H,1,5,8-13H2. The van der Waals surface area contributed by atoms with Crippen LogP contribution in [0, 0.1) is 0 Å². The Balaban J connectivity index is 1.70. The van der Waals surface area contributed by atoms with E-state index >= 15 is 0 Å². The van der Waals surface area contributed by atoms with Crippen molar-refractivity contribution in [1.29, 1.82) is 0 Å². The number of pyridine rings is 1. The fourth-order valence-corrected chi connectivity index (χ4v) is 2.66. The van der Waals surface area contributed by atoms with E-state index in [1.807, 2.05) is 23.0 Å². The zero-order chi connectivity index (χ0) is 15.2. The first kappa shape index (κ1) is 14.9. The zero-order valence-corrected chi connectivity index (χ0v) is 12.7. The molecule has 0 spiro atoms. The number of aromatic nitrogens is 4. The molecule has 0 saturated carbocycles. The van der Waals surface area contributed by atoms with Gasteiger partial charge in [-0.25, -0.2) is 4.68 Å². The SMILES string of the molecule is C=CCOCc1nnn2c1CN(Cc1ccccn1)CCC2. The Labute approximate surface area is 130 Å². The van der Waals surface area contributed by atoms with E-state index in [9.17, 15) is 0 Å². The van der Waals surface area contributed by atoms with Crippen LogP contribution >= 0.6 is 0 Å². The Bertz CT molecular complexity index is 610. The molecule has 0 amide bonds. The van der Waals surface area contributed by atoms with Gasteiger partial charge in [0.15, 0.2) is 0 Å². The molecule has 0 atom stereocenters. The van der Waals surface area contributed by atoms with Gasteiger partial charge in [-0.05, 0) is 18.6 Å². The molecule has 3 rings (SSSR count). The maximum Gasteiger partial charge on any atom is 0.113 e. The largest absolute Gasteiger partial charge is 0.371 e. The third kappa shape index (κ3) is 3.58. The number of hydrogen-bond acceptors (Lipinski definition) is 5. The molecule has 116 valence electrons. The molecule has 0 bridgehead atoms. The fourth-order valence-electron chi connectivity index (χ4n) is 2.66. The first-order chi connectivity index (χ1) is 10.9. The average Bonchev–Trinajstić information content (AvgIpc) is 2.79. The molecule has 6 nitrogen and oxygen atoms in total. The second kappa shape index (κ2) is 7.29. The summed E-state index contributed by atoms with van der Waals surface area (Å²) in [5.41, 5.74) is 3.17. The van der Waals surface area contributed by atoms with Crippen LogP contribution in [0.15, 0.2) is 37.1 Å². The molecular weight excluding hydrogens is 278 g/mol. The minimum Gasteiger partial charge on any atom is -0.371 e. The van der Waals surface area contributed by atoms with Gasteiger partial charge in [0.2, 0.25) is 0 Å². The molecule has 0 aliphatic carbocycles. The van der Waals surface area contributed by atoms with E-state index in [1.165, 1.54) is 0 Å². The van der Waals surface area contributed by atoms with Gasteiger partial charge in [0, 0.05) is 32.4 Å². The highest BCUT2D eigenvalue weighted by molar-refractivity contribution is 5.11. The van der Waals surface area contributed by atoms with Crippen molar-refractivity contribution in [2.45, 2.75) is 32.7 Å². The first-order valence-corrected chi connectivity index (χ1v) is 7.59. The highest BCUT2D eigenvalue weighted by Gasteiger charge is 2.20. The minimum absolute atomic E-state index is 0.485. The number of aryl methyl sites for hydroxylation is 1. The highest BCUT2D eigenvalue weighted by atomic mass is 16.5. The van der Waals surface area contributed by atoms with Crippen LogP contribution < -0.4 is 0 Å². The Kier molecular flexibility index (Phi) is 4.92. The molecule has 2 aromatic heterocycles. The molecule has 0 saturated heterocycles. The molecule has 1 aliphatic rings. The van der Waals surface area contributed by atoms with Crippen LogP contribution in [0.5, 0.6) is 0 Å². The van der Waals surface area contributed by atoms with Gasteiger partial charge in [-0.15, -0.1) is 11.7 Å². The Morgan fingerprint density at radius 3 is 3.09 bits per heavy atom. The van der Waals surface area contributed by atoms with Gasteiger partial charge in [0.25, 0.3) is 0 Å². The number of fused-ring (bicyclic) bond motifs is 1. The van der Waals surface area contributed by atoms with Crippen LogP contribution in [0.25, 0.3) is 0 Å². The lowest BCUT2D eigenvalue weighted by Gasteiger charge is -2.19. The van der Waals surface area contributed by atoms with Gasteiger partial charge in [-0.1, -0.05) is 17.4 Å². The number of rotatable bonds is 6. The molecule has 1 aliphatic heterocycles. The molecular formula is C16H21N5O. The molecule has 22 heavy (non-hydrogen) atoms. The van der Waals surface area contributed by atoms with Crippen molar-refractivity contribution < 1.29 is 4.74 Å². The van der Waals surface area contributed by atoms with E-state index in [0.29, 0.717) is 13.2 Å². The van der Waals surface area contributed by atoms with E-state index in [0.717, 1.165) is 49.7 Å². The normalized spacial score (nSPS) is 15.3. The molecule has 0 unspecified atom stereocenters. The predicted octanol–water partition coefficient (Wildman–Crippen LogP) is 1.78. The molecule has 6 heteroatoms. The average molecular weight is 299 g/mol. The van der Waals surface area contributed by atoms with Gasteiger partial charge in [0.05, 0.1) is 24.6 Å². The first-order valence-electron chi connectivity index (χ1n) is 7.59. The van der Waals surface area contributed by atoms with Crippen molar-refractivity contribution in [3.8, 4) is 0 Å². The van der Waals surface area contributed by atoms with Crippen LogP contribution in [0.3, 0.4) is 0 Å². The van der Waals surface area contributed by atoms with Crippen LogP contribution in [0.4, 0.5) is 0 Å². The Morgan fingerprint density at radius 1 is 1.32 bits per heavy atom. The summed E-state index contributed by atoms with van der Waals surface area (Å²) < 4.78 is 7.53. The summed E-state index contributed by atoms with van der Waals surface area (Å²) in [5.74, 6) is 0.